The second kappa shape index (κ2) is 4.74. The van der Waals surface area contributed by atoms with E-state index in [4.69, 9.17) is 16.1 Å². The minimum Gasteiger partial charge on any atom is -0.364 e. The Balaban J connectivity index is 2.13. The van der Waals surface area contributed by atoms with Crippen molar-refractivity contribution in [3.63, 3.8) is 0 Å². The molecule has 0 amide bonds. The number of hydrogen-bond donors (Lipinski definition) is 0. The number of alkyl halides is 1. The van der Waals surface area contributed by atoms with Crippen molar-refractivity contribution in [2.24, 2.45) is 0 Å². The monoisotopic (exact) mass is 325 g/mol. The Bertz CT molecular complexity index is 678. The lowest BCUT2D eigenvalue weighted by atomic mass is 10.3. The molecule has 2 aromatic heterocycles. The number of nitrogens with zero attached hydrogens (tertiary/aromatic N) is 3. The van der Waals surface area contributed by atoms with E-state index in [2.05, 4.69) is 26.1 Å². The van der Waals surface area contributed by atoms with E-state index >= 15 is 0 Å². The van der Waals surface area contributed by atoms with Gasteiger partial charge in [-0.1, -0.05) is 21.1 Å². The van der Waals surface area contributed by atoms with Crippen LogP contribution in [0, 0.1) is 0 Å². The van der Waals surface area contributed by atoms with Gasteiger partial charge in [0.1, 0.15) is 17.8 Å². The van der Waals surface area contributed by atoms with Crippen LogP contribution in [-0.2, 0) is 12.4 Å². The first kappa shape index (κ1) is 11.7. The molecular weight excluding hydrogens is 318 g/mol. The molecule has 0 spiro atoms. The quantitative estimate of drug-likeness (QED) is 0.691. The van der Waals surface area contributed by atoms with Crippen LogP contribution in [0.2, 0.25) is 0 Å². The molecule has 1 aromatic carbocycles. The van der Waals surface area contributed by atoms with Gasteiger partial charge in [-0.3, -0.25) is 0 Å². The topological polar surface area (TPSA) is 43.9 Å². The molecule has 6 heteroatoms. The molecule has 0 fully saturated rings. The summed E-state index contributed by atoms with van der Waals surface area (Å²) < 4.78 is 7.89. The lowest BCUT2D eigenvalue weighted by molar-refractivity contribution is 0.409. The Labute approximate surface area is 117 Å². The SMILES string of the molecule is ClCc1nc2cc(Br)ccc2n1Cc1ccon1. The first-order valence-electron chi connectivity index (χ1n) is 5.38. The number of halogens is 2. The van der Waals surface area contributed by atoms with Crippen molar-refractivity contribution in [1.29, 1.82) is 0 Å². The molecule has 3 rings (SSSR count). The van der Waals surface area contributed by atoms with Gasteiger partial charge < -0.3 is 9.09 Å². The highest BCUT2D eigenvalue weighted by Crippen LogP contribution is 2.22. The van der Waals surface area contributed by atoms with Gasteiger partial charge in [0.2, 0.25) is 0 Å². The van der Waals surface area contributed by atoms with E-state index in [1.54, 1.807) is 6.26 Å². The van der Waals surface area contributed by atoms with Gasteiger partial charge in [-0.2, -0.15) is 0 Å². The molecule has 3 aromatic rings. The Morgan fingerprint density at radius 3 is 2.94 bits per heavy atom. The minimum absolute atomic E-state index is 0.365. The molecule has 0 aliphatic heterocycles. The van der Waals surface area contributed by atoms with Crippen LogP contribution in [0.15, 0.2) is 39.5 Å². The highest BCUT2D eigenvalue weighted by molar-refractivity contribution is 9.10. The molecule has 0 radical (unpaired) electrons. The Hall–Kier alpha value is -1.33. The van der Waals surface area contributed by atoms with Crippen molar-refractivity contribution in [3.05, 3.63) is 46.5 Å². The number of hydrogen-bond acceptors (Lipinski definition) is 3. The van der Waals surface area contributed by atoms with Crippen LogP contribution in [0.4, 0.5) is 0 Å². The Morgan fingerprint density at radius 2 is 2.22 bits per heavy atom. The fourth-order valence-electron chi connectivity index (χ4n) is 1.91. The number of rotatable bonds is 3. The van der Waals surface area contributed by atoms with Gasteiger partial charge >= 0.3 is 0 Å². The van der Waals surface area contributed by atoms with E-state index in [0.717, 1.165) is 27.0 Å². The van der Waals surface area contributed by atoms with Gasteiger partial charge in [0, 0.05) is 10.5 Å². The van der Waals surface area contributed by atoms with E-state index in [9.17, 15) is 0 Å². The van der Waals surface area contributed by atoms with E-state index in [-0.39, 0.29) is 0 Å². The third-order valence-corrected chi connectivity index (χ3v) is 3.45. The van der Waals surface area contributed by atoms with Crippen molar-refractivity contribution in [3.8, 4) is 0 Å². The Morgan fingerprint density at radius 1 is 1.33 bits per heavy atom. The zero-order chi connectivity index (χ0) is 12.5. The van der Waals surface area contributed by atoms with Crippen LogP contribution >= 0.6 is 27.5 Å². The van der Waals surface area contributed by atoms with Crippen molar-refractivity contribution >= 4 is 38.6 Å². The number of fused-ring (bicyclic) bond motifs is 1. The summed E-state index contributed by atoms with van der Waals surface area (Å²) in [5.74, 6) is 1.19. The molecule has 0 atom stereocenters. The molecule has 4 nitrogen and oxygen atoms in total. The first-order valence-corrected chi connectivity index (χ1v) is 6.70. The van der Waals surface area contributed by atoms with E-state index in [1.807, 2.05) is 28.8 Å². The molecule has 0 aliphatic rings. The van der Waals surface area contributed by atoms with Gasteiger partial charge in [-0.05, 0) is 18.2 Å². The summed E-state index contributed by atoms with van der Waals surface area (Å²) in [5.41, 5.74) is 2.81. The second-order valence-electron chi connectivity index (χ2n) is 3.87. The second-order valence-corrected chi connectivity index (χ2v) is 5.05. The van der Waals surface area contributed by atoms with Crippen molar-refractivity contribution in [2.45, 2.75) is 12.4 Å². The summed E-state index contributed by atoms with van der Waals surface area (Å²) in [4.78, 5) is 4.52. The third-order valence-electron chi connectivity index (χ3n) is 2.72. The normalized spacial score (nSPS) is 11.2. The molecular formula is C12H9BrClN3O. The van der Waals surface area contributed by atoms with Gasteiger partial charge in [-0.15, -0.1) is 11.6 Å². The standard InChI is InChI=1S/C12H9BrClN3O/c13-8-1-2-11-10(5-8)15-12(6-14)17(11)7-9-3-4-18-16-9/h1-5H,6-7H2. The maximum atomic E-state index is 5.94. The molecule has 0 bridgehead atoms. The summed E-state index contributed by atoms with van der Waals surface area (Å²) >= 11 is 9.38. The molecule has 18 heavy (non-hydrogen) atoms. The molecule has 92 valence electrons. The summed E-state index contributed by atoms with van der Waals surface area (Å²) in [7, 11) is 0. The van der Waals surface area contributed by atoms with E-state index < -0.39 is 0 Å². The number of aromatic nitrogens is 3. The zero-order valence-corrected chi connectivity index (χ0v) is 11.6. The van der Waals surface area contributed by atoms with Crippen LogP contribution in [-0.4, -0.2) is 14.7 Å². The molecule has 2 heterocycles. The van der Waals surface area contributed by atoms with E-state index in [0.29, 0.717) is 12.4 Å². The maximum Gasteiger partial charge on any atom is 0.125 e. The van der Waals surface area contributed by atoms with Crippen LogP contribution < -0.4 is 0 Å². The van der Waals surface area contributed by atoms with Crippen molar-refractivity contribution in [2.75, 3.05) is 0 Å². The lowest BCUT2D eigenvalue weighted by Gasteiger charge is -2.04. The van der Waals surface area contributed by atoms with E-state index in [1.165, 1.54) is 0 Å². The average Bonchev–Trinajstić information content (AvgIpc) is 2.97. The van der Waals surface area contributed by atoms with Gasteiger partial charge in [-0.25, -0.2) is 4.98 Å². The summed E-state index contributed by atoms with van der Waals surface area (Å²) in [6, 6.07) is 7.82. The predicted molar refractivity (Wildman–Crippen MR) is 72.6 cm³/mol. The summed E-state index contributed by atoms with van der Waals surface area (Å²) in [6.07, 6.45) is 1.56. The molecule has 0 N–H and O–H groups in total. The molecule has 0 saturated carbocycles. The third kappa shape index (κ3) is 2.04. The van der Waals surface area contributed by atoms with Gasteiger partial charge in [0.25, 0.3) is 0 Å². The molecule has 0 aliphatic carbocycles. The first-order chi connectivity index (χ1) is 8.78. The fraction of sp³-hybridized carbons (Fsp3) is 0.167. The number of benzene rings is 1. The van der Waals surface area contributed by atoms with Crippen molar-refractivity contribution in [1.82, 2.24) is 14.7 Å². The maximum absolute atomic E-state index is 5.94. The molecule has 0 unspecified atom stereocenters. The summed E-state index contributed by atoms with van der Waals surface area (Å²) in [6.45, 7) is 0.608. The smallest absolute Gasteiger partial charge is 0.125 e. The van der Waals surface area contributed by atoms with Crippen LogP contribution in [0.1, 0.15) is 11.5 Å². The molecule has 0 saturated heterocycles. The van der Waals surface area contributed by atoms with Crippen LogP contribution in [0.3, 0.4) is 0 Å². The highest BCUT2D eigenvalue weighted by atomic mass is 79.9. The largest absolute Gasteiger partial charge is 0.364 e. The predicted octanol–water partition coefficient (Wildman–Crippen LogP) is 3.57. The Kier molecular flexibility index (Phi) is 3.09. The fourth-order valence-corrected chi connectivity index (χ4v) is 2.47. The minimum atomic E-state index is 0.365. The zero-order valence-electron chi connectivity index (χ0n) is 9.31. The van der Waals surface area contributed by atoms with Crippen LogP contribution in [0.25, 0.3) is 11.0 Å². The summed E-state index contributed by atoms with van der Waals surface area (Å²) in [5, 5.41) is 3.91. The van der Waals surface area contributed by atoms with Crippen LogP contribution in [0.5, 0.6) is 0 Å². The number of imidazole rings is 1. The van der Waals surface area contributed by atoms with Crippen molar-refractivity contribution < 1.29 is 4.52 Å². The van der Waals surface area contributed by atoms with Gasteiger partial charge in [0.15, 0.2) is 0 Å². The highest BCUT2D eigenvalue weighted by Gasteiger charge is 2.11. The average molecular weight is 327 g/mol. The van der Waals surface area contributed by atoms with Gasteiger partial charge in [0.05, 0.1) is 23.5 Å². The lowest BCUT2D eigenvalue weighted by Crippen LogP contribution is -2.03.